The molecule has 0 spiro atoms. The molecular weight excluding hydrogens is 310 g/mol. The van der Waals surface area contributed by atoms with E-state index in [0.29, 0.717) is 0 Å². The lowest BCUT2D eigenvalue weighted by atomic mass is 10.1. The van der Waals surface area contributed by atoms with E-state index in [0.717, 1.165) is 44.6 Å². The van der Waals surface area contributed by atoms with E-state index in [9.17, 15) is 0 Å². The first-order chi connectivity index (χ1) is 12.3. The lowest BCUT2D eigenvalue weighted by Gasteiger charge is -2.19. The Kier molecular flexibility index (Phi) is 4.81. The molecule has 25 heavy (non-hydrogen) atoms. The molecule has 1 atom stereocenters. The van der Waals surface area contributed by atoms with Crippen molar-refractivity contribution in [3.63, 3.8) is 0 Å². The lowest BCUT2D eigenvalue weighted by molar-refractivity contribution is 0.108. The Labute approximate surface area is 148 Å². The average molecular weight is 335 g/mol. The SMILES string of the molecule is CN(CCc1ccccc1)Cc1c([C@@H]2CCCO2)[nH]c2ncccc12. The van der Waals surface area contributed by atoms with E-state index in [1.165, 1.54) is 22.2 Å². The molecule has 1 aliphatic heterocycles. The molecule has 1 aliphatic rings. The Morgan fingerprint density at radius 2 is 2.08 bits per heavy atom. The Balaban J connectivity index is 1.54. The summed E-state index contributed by atoms with van der Waals surface area (Å²) in [4.78, 5) is 10.4. The van der Waals surface area contributed by atoms with E-state index in [4.69, 9.17) is 4.74 Å². The molecule has 1 fully saturated rings. The maximum atomic E-state index is 5.94. The highest BCUT2D eigenvalue weighted by atomic mass is 16.5. The molecule has 0 saturated carbocycles. The summed E-state index contributed by atoms with van der Waals surface area (Å²) in [6.45, 7) is 2.80. The first-order valence-electron chi connectivity index (χ1n) is 9.11. The molecule has 4 heteroatoms. The van der Waals surface area contributed by atoms with Crippen LogP contribution in [0.1, 0.15) is 35.8 Å². The van der Waals surface area contributed by atoms with E-state index >= 15 is 0 Å². The molecule has 0 radical (unpaired) electrons. The fourth-order valence-corrected chi connectivity index (χ4v) is 3.66. The van der Waals surface area contributed by atoms with E-state index in [-0.39, 0.29) is 6.10 Å². The summed E-state index contributed by atoms with van der Waals surface area (Å²) >= 11 is 0. The minimum Gasteiger partial charge on any atom is -0.372 e. The third kappa shape index (κ3) is 3.60. The molecular formula is C21H25N3O. The van der Waals surface area contributed by atoms with Gasteiger partial charge in [0.1, 0.15) is 5.65 Å². The van der Waals surface area contributed by atoms with Gasteiger partial charge in [0.15, 0.2) is 0 Å². The summed E-state index contributed by atoms with van der Waals surface area (Å²) in [6.07, 6.45) is 5.32. The molecule has 1 aromatic carbocycles. The van der Waals surface area contributed by atoms with Crippen molar-refractivity contribution in [1.82, 2.24) is 14.9 Å². The molecule has 4 rings (SSSR count). The van der Waals surface area contributed by atoms with Crippen LogP contribution in [0.25, 0.3) is 11.0 Å². The van der Waals surface area contributed by atoms with Crippen molar-refractivity contribution in [1.29, 1.82) is 0 Å². The van der Waals surface area contributed by atoms with Crippen molar-refractivity contribution < 1.29 is 4.74 Å². The Hall–Kier alpha value is -2.17. The van der Waals surface area contributed by atoms with Crippen LogP contribution >= 0.6 is 0 Å². The van der Waals surface area contributed by atoms with Crippen LogP contribution in [0.3, 0.4) is 0 Å². The number of pyridine rings is 1. The summed E-state index contributed by atoms with van der Waals surface area (Å²) in [7, 11) is 2.19. The third-order valence-electron chi connectivity index (χ3n) is 5.02. The standard InChI is InChI=1S/C21H25N3O/c1-24(13-11-16-7-3-2-4-8-16)15-18-17-9-5-12-22-21(17)23-20(18)19-10-6-14-25-19/h2-5,7-9,12,19H,6,10-11,13-15H2,1H3,(H,22,23)/t19-/m0/s1. The number of nitrogens with one attached hydrogen (secondary N) is 1. The number of ether oxygens (including phenoxy) is 1. The molecule has 1 saturated heterocycles. The number of hydrogen-bond donors (Lipinski definition) is 1. The second kappa shape index (κ2) is 7.38. The molecule has 0 amide bonds. The Morgan fingerprint density at radius 1 is 1.20 bits per heavy atom. The highest BCUT2D eigenvalue weighted by molar-refractivity contribution is 5.81. The Bertz CT molecular complexity index is 822. The van der Waals surface area contributed by atoms with E-state index in [1.807, 2.05) is 12.3 Å². The fraction of sp³-hybridized carbons (Fsp3) is 0.381. The van der Waals surface area contributed by atoms with Crippen LogP contribution in [0.4, 0.5) is 0 Å². The molecule has 0 aliphatic carbocycles. The van der Waals surface area contributed by atoms with Crippen LogP contribution < -0.4 is 0 Å². The molecule has 3 aromatic rings. The quantitative estimate of drug-likeness (QED) is 0.738. The lowest BCUT2D eigenvalue weighted by Crippen LogP contribution is -2.21. The van der Waals surface area contributed by atoms with Crippen molar-refractivity contribution in [2.45, 2.75) is 31.9 Å². The predicted octanol–water partition coefficient (Wildman–Crippen LogP) is 4.09. The number of aromatic amines is 1. The van der Waals surface area contributed by atoms with E-state index in [1.54, 1.807) is 0 Å². The normalized spacial score (nSPS) is 17.6. The van der Waals surface area contributed by atoms with Gasteiger partial charge in [0.2, 0.25) is 0 Å². The number of aromatic nitrogens is 2. The molecule has 1 N–H and O–H groups in total. The number of fused-ring (bicyclic) bond motifs is 1. The minimum atomic E-state index is 0.187. The van der Waals surface area contributed by atoms with Gasteiger partial charge in [-0.15, -0.1) is 0 Å². The molecule has 4 nitrogen and oxygen atoms in total. The molecule has 2 aromatic heterocycles. The first-order valence-corrected chi connectivity index (χ1v) is 9.11. The van der Waals surface area contributed by atoms with Crippen molar-refractivity contribution in [3.05, 3.63) is 65.5 Å². The van der Waals surface area contributed by atoms with Crippen LogP contribution in [-0.4, -0.2) is 35.1 Å². The number of likely N-dealkylation sites (N-methyl/N-ethyl adjacent to an activating group) is 1. The van der Waals surface area contributed by atoms with Crippen molar-refractivity contribution in [2.24, 2.45) is 0 Å². The average Bonchev–Trinajstić information content (AvgIpc) is 3.29. The van der Waals surface area contributed by atoms with Gasteiger partial charge in [-0.3, -0.25) is 0 Å². The smallest absolute Gasteiger partial charge is 0.137 e. The molecule has 130 valence electrons. The molecule has 0 bridgehead atoms. The predicted molar refractivity (Wildman–Crippen MR) is 101 cm³/mol. The van der Waals surface area contributed by atoms with Crippen LogP contribution in [0.15, 0.2) is 48.7 Å². The number of benzene rings is 1. The number of nitrogens with zero attached hydrogens (tertiary/aromatic N) is 2. The molecule has 3 heterocycles. The zero-order chi connectivity index (χ0) is 17.1. The van der Waals surface area contributed by atoms with Gasteiger partial charge in [-0.05, 0) is 49.6 Å². The summed E-state index contributed by atoms with van der Waals surface area (Å²) < 4.78 is 5.94. The summed E-state index contributed by atoms with van der Waals surface area (Å²) in [6, 6.07) is 14.9. The second-order valence-corrected chi connectivity index (χ2v) is 6.89. The number of H-pyrrole nitrogens is 1. The van der Waals surface area contributed by atoms with Gasteiger partial charge in [-0.25, -0.2) is 4.98 Å². The fourth-order valence-electron chi connectivity index (χ4n) is 3.66. The highest BCUT2D eigenvalue weighted by Gasteiger charge is 2.24. The van der Waals surface area contributed by atoms with Crippen molar-refractivity contribution >= 4 is 11.0 Å². The zero-order valence-electron chi connectivity index (χ0n) is 14.7. The van der Waals surface area contributed by atoms with E-state index in [2.05, 4.69) is 58.3 Å². The third-order valence-corrected chi connectivity index (χ3v) is 5.02. The van der Waals surface area contributed by atoms with E-state index < -0.39 is 0 Å². The van der Waals surface area contributed by atoms with Crippen molar-refractivity contribution in [2.75, 3.05) is 20.2 Å². The van der Waals surface area contributed by atoms with Gasteiger partial charge < -0.3 is 14.6 Å². The summed E-state index contributed by atoms with van der Waals surface area (Å²) in [5.74, 6) is 0. The second-order valence-electron chi connectivity index (χ2n) is 6.89. The largest absolute Gasteiger partial charge is 0.372 e. The van der Waals surface area contributed by atoms with Crippen LogP contribution in [0.5, 0.6) is 0 Å². The maximum absolute atomic E-state index is 5.94. The number of rotatable bonds is 6. The zero-order valence-corrected chi connectivity index (χ0v) is 14.7. The topological polar surface area (TPSA) is 41.1 Å². The molecule has 0 unspecified atom stereocenters. The van der Waals surface area contributed by atoms with Gasteiger partial charge >= 0.3 is 0 Å². The first kappa shape index (κ1) is 16.3. The van der Waals surface area contributed by atoms with Gasteiger partial charge in [-0.2, -0.15) is 0 Å². The van der Waals surface area contributed by atoms with Gasteiger partial charge in [0, 0.05) is 31.3 Å². The van der Waals surface area contributed by atoms with Crippen LogP contribution in [0.2, 0.25) is 0 Å². The van der Waals surface area contributed by atoms with Gasteiger partial charge in [-0.1, -0.05) is 30.3 Å². The summed E-state index contributed by atoms with van der Waals surface area (Å²) in [5, 5.41) is 1.22. The van der Waals surface area contributed by atoms with Crippen molar-refractivity contribution in [3.8, 4) is 0 Å². The highest BCUT2D eigenvalue weighted by Crippen LogP contribution is 2.34. The minimum absolute atomic E-state index is 0.187. The van der Waals surface area contributed by atoms with Gasteiger partial charge in [0.25, 0.3) is 0 Å². The monoisotopic (exact) mass is 335 g/mol. The maximum Gasteiger partial charge on any atom is 0.137 e. The summed E-state index contributed by atoms with van der Waals surface area (Å²) in [5.41, 5.74) is 4.91. The number of hydrogen-bond acceptors (Lipinski definition) is 3. The van der Waals surface area contributed by atoms with Crippen LogP contribution in [0, 0.1) is 0 Å². The van der Waals surface area contributed by atoms with Gasteiger partial charge in [0.05, 0.1) is 11.8 Å². The van der Waals surface area contributed by atoms with Crippen LogP contribution in [-0.2, 0) is 17.7 Å². The Morgan fingerprint density at radius 3 is 2.88 bits per heavy atom.